The molecule has 0 radical (unpaired) electrons. The lowest BCUT2D eigenvalue weighted by molar-refractivity contribution is 0.0773. The molecule has 0 aliphatic heterocycles. The third-order valence-electron chi connectivity index (χ3n) is 2.24. The van der Waals surface area contributed by atoms with E-state index in [9.17, 15) is 4.79 Å². The van der Waals surface area contributed by atoms with Gasteiger partial charge in [0.25, 0.3) is 5.91 Å². The van der Waals surface area contributed by atoms with Crippen molar-refractivity contribution in [3.8, 4) is 0 Å². The normalized spacial score (nSPS) is 12.2. The van der Waals surface area contributed by atoms with Crippen molar-refractivity contribution in [1.82, 2.24) is 14.5 Å². The van der Waals surface area contributed by atoms with E-state index in [1.54, 1.807) is 38.1 Å². The minimum Gasteiger partial charge on any atom is -0.392 e. The Balaban J connectivity index is 2.81. The number of rotatable bonds is 3. The number of amides is 1. The van der Waals surface area contributed by atoms with E-state index in [4.69, 9.17) is 18.0 Å². The molecule has 0 aliphatic rings. The summed E-state index contributed by atoms with van der Waals surface area (Å²) in [5, 5.41) is 0. The van der Waals surface area contributed by atoms with Crippen molar-refractivity contribution >= 4 is 23.1 Å². The van der Waals surface area contributed by atoms with Gasteiger partial charge in [0.05, 0.1) is 17.4 Å². The number of carbonyl (C=O) groups excluding carboxylic acids is 1. The van der Waals surface area contributed by atoms with Crippen molar-refractivity contribution in [2.24, 2.45) is 12.8 Å². The Kier molecular flexibility index (Phi) is 3.41. The van der Waals surface area contributed by atoms with Gasteiger partial charge in [0.2, 0.25) is 0 Å². The molecule has 2 N–H and O–H groups in total. The van der Waals surface area contributed by atoms with Crippen molar-refractivity contribution in [2.75, 3.05) is 7.05 Å². The van der Waals surface area contributed by atoms with Crippen LogP contribution >= 0.6 is 12.2 Å². The van der Waals surface area contributed by atoms with E-state index in [1.165, 1.54) is 4.90 Å². The molecule has 1 unspecified atom stereocenters. The van der Waals surface area contributed by atoms with Crippen LogP contribution < -0.4 is 5.73 Å². The summed E-state index contributed by atoms with van der Waals surface area (Å²) in [5.74, 6) is -0.184. The van der Waals surface area contributed by atoms with Gasteiger partial charge in [0.1, 0.15) is 5.69 Å². The second kappa shape index (κ2) is 4.39. The summed E-state index contributed by atoms with van der Waals surface area (Å²) >= 11 is 4.83. The summed E-state index contributed by atoms with van der Waals surface area (Å²) in [7, 11) is 3.46. The zero-order valence-electron chi connectivity index (χ0n) is 8.97. The molecule has 1 amide bonds. The van der Waals surface area contributed by atoms with Gasteiger partial charge >= 0.3 is 0 Å². The van der Waals surface area contributed by atoms with E-state index in [0.717, 1.165) is 0 Å². The lowest BCUT2D eigenvalue weighted by Gasteiger charge is -2.22. The Morgan fingerprint density at radius 3 is 2.73 bits per heavy atom. The maximum Gasteiger partial charge on any atom is 0.274 e. The fraction of sp³-hybridized carbons (Fsp3) is 0.444. The first-order chi connectivity index (χ1) is 6.93. The molecule has 1 aromatic heterocycles. The van der Waals surface area contributed by atoms with Gasteiger partial charge < -0.3 is 15.2 Å². The molecule has 0 saturated heterocycles. The van der Waals surface area contributed by atoms with Crippen LogP contribution in [0.4, 0.5) is 0 Å². The van der Waals surface area contributed by atoms with Crippen LogP contribution in [-0.4, -0.2) is 38.4 Å². The fourth-order valence-corrected chi connectivity index (χ4v) is 1.23. The first-order valence-corrected chi connectivity index (χ1v) is 4.88. The van der Waals surface area contributed by atoms with Crippen LogP contribution in [0.5, 0.6) is 0 Å². The minimum absolute atomic E-state index is 0.184. The summed E-state index contributed by atoms with van der Waals surface area (Å²) in [5.41, 5.74) is 5.86. The highest BCUT2D eigenvalue weighted by molar-refractivity contribution is 7.80. The van der Waals surface area contributed by atoms with Crippen molar-refractivity contribution < 1.29 is 4.79 Å². The largest absolute Gasteiger partial charge is 0.392 e. The van der Waals surface area contributed by atoms with Crippen LogP contribution in [0, 0.1) is 0 Å². The van der Waals surface area contributed by atoms with Gasteiger partial charge in [-0.2, -0.15) is 0 Å². The maximum absolute atomic E-state index is 11.8. The average Bonchev–Trinajstić information content (AvgIpc) is 2.61. The zero-order valence-corrected chi connectivity index (χ0v) is 9.78. The van der Waals surface area contributed by atoms with Crippen LogP contribution in [-0.2, 0) is 7.05 Å². The summed E-state index contributed by atoms with van der Waals surface area (Å²) in [6, 6.07) is -0.269. The number of aromatic nitrogens is 2. The number of carbonyl (C=O) groups is 1. The van der Waals surface area contributed by atoms with Gasteiger partial charge in [-0.25, -0.2) is 4.98 Å². The zero-order chi connectivity index (χ0) is 11.6. The Morgan fingerprint density at radius 2 is 2.33 bits per heavy atom. The van der Waals surface area contributed by atoms with Gasteiger partial charge in [-0.05, 0) is 6.92 Å². The first kappa shape index (κ1) is 11.6. The lowest BCUT2D eigenvalue weighted by Crippen LogP contribution is -2.42. The maximum atomic E-state index is 11.8. The summed E-state index contributed by atoms with van der Waals surface area (Å²) in [4.78, 5) is 17.6. The quantitative estimate of drug-likeness (QED) is 0.746. The molecule has 15 heavy (non-hydrogen) atoms. The van der Waals surface area contributed by atoms with Gasteiger partial charge in [-0.3, -0.25) is 4.79 Å². The molecule has 1 atom stereocenters. The second-order valence-corrected chi connectivity index (χ2v) is 3.89. The molecule has 0 bridgehead atoms. The molecule has 1 rings (SSSR count). The number of aryl methyl sites for hydroxylation is 1. The van der Waals surface area contributed by atoms with Gasteiger partial charge in [0.15, 0.2) is 0 Å². The highest BCUT2D eigenvalue weighted by atomic mass is 32.1. The number of imidazole rings is 1. The van der Waals surface area contributed by atoms with Gasteiger partial charge in [-0.1, -0.05) is 12.2 Å². The molecule has 5 nitrogen and oxygen atoms in total. The van der Waals surface area contributed by atoms with Crippen molar-refractivity contribution in [3.63, 3.8) is 0 Å². The Labute approximate surface area is 93.9 Å². The Hall–Kier alpha value is -1.43. The molecule has 0 saturated carbocycles. The number of hydrogen-bond donors (Lipinski definition) is 1. The second-order valence-electron chi connectivity index (χ2n) is 3.42. The summed E-state index contributed by atoms with van der Waals surface area (Å²) < 4.78 is 1.71. The summed E-state index contributed by atoms with van der Waals surface area (Å²) in [6.45, 7) is 1.78. The molecule has 0 fully saturated rings. The molecule has 6 heteroatoms. The molecular formula is C9H14N4OS. The SMILES string of the molecule is CC(C(N)=S)N(C)C(=O)c1cn(C)cn1. The number of hydrogen-bond acceptors (Lipinski definition) is 3. The van der Waals surface area contributed by atoms with Crippen LogP contribution in [0.3, 0.4) is 0 Å². The molecule has 1 aromatic rings. The van der Waals surface area contributed by atoms with Gasteiger partial charge in [0, 0.05) is 20.3 Å². The van der Waals surface area contributed by atoms with E-state index in [-0.39, 0.29) is 11.9 Å². The monoisotopic (exact) mass is 226 g/mol. The first-order valence-electron chi connectivity index (χ1n) is 4.48. The van der Waals surface area contributed by atoms with Crippen molar-refractivity contribution in [3.05, 3.63) is 18.2 Å². The molecule has 1 heterocycles. The van der Waals surface area contributed by atoms with Crippen LogP contribution in [0.15, 0.2) is 12.5 Å². The summed E-state index contributed by atoms with van der Waals surface area (Å²) in [6.07, 6.45) is 3.23. The number of likely N-dealkylation sites (N-methyl/N-ethyl adjacent to an activating group) is 1. The van der Waals surface area contributed by atoms with Crippen LogP contribution in [0.25, 0.3) is 0 Å². The molecule has 82 valence electrons. The van der Waals surface area contributed by atoms with E-state index in [1.807, 2.05) is 0 Å². The van der Waals surface area contributed by atoms with E-state index in [2.05, 4.69) is 4.98 Å². The molecule has 0 spiro atoms. The fourth-order valence-electron chi connectivity index (χ4n) is 1.07. The number of nitrogens with two attached hydrogens (primary N) is 1. The van der Waals surface area contributed by atoms with Gasteiger partial charge in [-0.15, -0.1) is 0 Å². The minimum atomic E-state index is -0.269. The van der Waals surface area contributed by atoms with Crippen molar-refractivity contribution in [2.45, 2.75) is 13.0 Å². The van der Waals surface area contributed by atoms with E-state index in [0.29, 0.717) is 10.7 Å². The molecule has 0 aromatic carbocycles. The Morgan fingerprint density at radius 1 is 1.73 bits per heavy atom. The topological polar surface area (TPSA) is 64.2 Å². The third kappa shape index (κ3) is 2.53. The van der Waals surface area contributed by atoms with Crippen LogP contribution in [0.2, 0.25) is 0 Å². The van der Waals surface area contributed by atoms with E-state index < -0.39 is 0 Å². The van der Waals surface area contributed by atoms with E-state index >= 15 is 0 Å². The number of thiocarbonyl (C=S) groups is 1. The van der Waals surface area contributed by atoms with Crippen LogP contribution in [0.1, 0.15) is 17.4 Å². The third-order valence-corrected chi connectivity index (χ3v) is 2.58. The predicted octanol–water partition coefficient (Wildman–Crippen LogP) is 0.167. The smallest absolute Gasteiger partial charge is 0.274 e. The number of nitrogens with zero attached hydrogens (tertiary/aromatic N) is 3. The standard InChI is InChI=1S/C9H14N4OS/c1-6(8(10)15)13(3)9(14)7-4-12(2)5-11-7/h4-6H,1-3H3,(H2,10,15). The average molecular weight is 226 g/mol. The Bertz CT molecular complexity index is 387. The predicted molar refractivity (Wildman–Crippen MR) is 61.5 cm³/mol. The lowest BCUT2D eigenvalue weighted by atomic mass is 10.3. The molecule has 0 aliphatic carbocycles. The highest BCUT2D eigenvalue weighted by Crippen LogP contribution is 2.04. The molecular weight excluding hydrogens is 212 g/mol. The highest BCUT2D eigenvalue weighted by Gasteiger charge is 2.20. The van der Waals surface area contributed by atoms with Crippen molar-refractivity contribution in [1.29, 1.82) is 0 Å².